The van der Waals surface area contributed by atoms with Crippen LogP contribution in [0.25, 0.3) is 5.65 Å². The van der Waals surface area contributed by atoms with Crippen molar-refractivity contribution in [1.82, 2.24) is 25.1 Å². The van der Waals surface area contributed by atoms with Gasteiger partial charge in [0.15, 0.2) is 5.65 Å². The summed E-state index contributed by atoms with van der Waals surface area (Å²) in [7, 11) is 1.95. The first-order chi connectivity index (χ1) is 8.72. The molecule has 98 valence electrons. The Hall–Kier alpha value is -1.89. The number of aromatic nitrogens is 4. The zero-order valence-corrected chi connectivity index (χ0v) is 10.7. The Kier molecular flexibility index (Phi) is 3.93. The molecule has 0 aliphatic rings. The largest absolute Gasteiger partial charge is 0.364 e. The highest BCUT2D eigenvalue weighted by atomic mass is 16.2. The van der Waals surface area contributed by atoms with Crippen LogP contribution in [0, 0.1) is 0 Å². The monoisotopic (exact) mass is 250 g/mol. The first-order valence-corrected chi connectivity index (χ1v) is 6.08. The molecule has 18 heavy (non-hydrogen) atoms. The lowest BCUT2D eigenvalue weighted by molar-refractivity contribution is 0.661. The van der Waals surface area contributed by atoms with Gasteiger partial charge in [-0.3, -0.25) is 0 Å². The SMILES string of the molecule is CCCNCCN(C)c1ccc2n[nH]c(=O)n2n1. The van der Waals surface area contributed by atoms with Crippen LogP contribution in [0.3, 0.4) is 0 Å². The summed E-state index contributed by atoms with van der Waals surface area (Å²) in [5, 5.41) is 13.8. The summed E-state index contributed by atoms with van der Waals surface area (Å²) in [4.78, 5) is 13.4. The van der Waals surface area contributed by atoms with Gasteiger partial charge in [0.05, 0.1) is 0 Å². The van der Waals surface area contributed by atoms with E-state index in [1.807, 2.05) is 18.0 Å². The van der Waals surface area contributed by atoms with Gasteiger partial charge in [0.2, 0.25) is 0 Å². The molecular weight excluding hydrogens is 232 g/mol. The van der Waals surface area contributed by atoms with Crippen molar-refractivity contribution in [2.24, 2.45) is 0 Å². The molecule has 0 aromatic carbocycles. The topological polar surface area (TPSA) is 78.3 Å². The van der Waals surface area contributed by atoms with Crippen molar-refractivity contribution in [1.29, 1.82) is 0 Å². The van der Waals surface area contributed by atoms with Gasteiger partial charge < -0.3 is 10.2 Å². The van der Waals surface area contributed by atoms with Crippen molar-refractivity contribution in [2.75, 3.05) is 31.6 Å². The zero-order valence-electron chi connectivity index (χ0n) is 10.7. The fourth-order valence-corrected chi connectivity index (χ4v) is 1.66. The van der Waals surface area contributed by atoms with Gasteiger partial charge in [-0.25, -0.2) is 9.89 Å². The molecule has 0 radical (unpaired) electrons. The Morgan fingerprint density at radius 1 is 1.44 bits per heavy atom. The van der Waals surface area contributed by atoms with Gasteiger partial charge in [0, 0.05) is 20.1 Å². The minimum atomic E-state index is -0.315. The lowest BCUT2D eigenvalue weighted by atomic mass is 10.4. The molecule has 0 aliphatic heterocycles. The molecule has 2 aromatic rings. The number of anilines is 1. The van der Waals surface area contributed by atoms with Crippen LogP contribution in [0.4, 0.5) is 5.82 Å². The van der Waals surface area contributed by atoms with E-state index in [0.29, 0.717) is 5.65 Å². The van der Waals surface area contributed by atoms with E-state index >= 15 is 0 Å². The predicted molar refractivity (Wildman–Crippen MR) is 70.0 cm³/mol. The summed E-state index contributed by atoms with van der Waals surface area (Å²) < 4.78 is 1.27. The molecule has 0 amide bonds. The smallest absolute Gasteiger partial charge is 0.357 e. The van der Waals surface area contributed by atoms with E-state index in [4.69, 9.17) is 0 Å². The van der Waals surface area contributed by atoms with Crippen molar-refractivity contribution in [3.05, 3.63) is 22.6 Å². The molecular formula is C11H18N6O. The molecule has 0 saturated carbocycles. The summed E-state index contributed by atoms with van der Waals surface area (Å²) >= 11 is 0. The van der Waals surface area contributed by atoms with Crippen LogP contribution in [-0.4, -0.2) is 46.5 Å². The number of H-pyrrole nitrogens is 1. The van der Waals surface area contributed by atoms with Crippen LogP contribution in [0.1, 0.15) is 13.3 Å². The molecule has 0 spiro atoms. The van der Waals surface area contributed by atoms with Gasteiger partial charge >= 0.3 is 5.69 Å². The Labute approximate surface area is 105 Å². The normalized spacial score (nSPS) is 11.0. The van der Waals surface area contributed by atoms with Crippen LogP contribution in [0.15, 0.2) is 16.9 Å². The molecule has 0 saturated heterocycles. The third kappa shape index (κ3) is 2.67. The number of fused-ring (bicyclic) bond motifs is 1. The van der Waals surface area contributed by atoms with E-state index in [1.54, 1.807) is 6.07 Å². The maximum atomic E-state index is 11.4. The summed E-state index contributed by atoms with van der Waals surface area (Å²) in [6, 6.07) is 3.63. The lowest BCUT2D eigenvalue weighted by Crippen LogP contribution is -2.30. The number of aromatic amines is 1. The predicted octanol–water partition coefficient (Wildman–Crippen LogP) is -0.147. The Morgan fingerprint density at radius 2 is 2.28 bits per heavy atom. The van der Waals surface area contributed by atoms with Crippen LogP contribution < -0.4 is 15.9 Å². The number of likely N-dealkylation sites (N-methyl/N-ethyl adjacent to an activating group) is 1. The first kappa shape index (κ1) is 12.6. The van der Waals surface area contributed by atoms with Crippen LogP contribution in [-0.2, 0) is 0 Å². The Balaban J connectivity index is 2.05. The second kappa shape index (κ2) is 5.63. The van der Waals surface area contributed by atoms with Gasteiger partial charge in [-0.15, -0.1) is 5.10 Å². The van der Waals surface area contributed by atoms with Gasteiger partial charge in [-0.05, 0) is 25.1 Å². The highest BCUT2D eigenvalue weighted by molar-refractivity contribution is 5.44. The number of hydrogen-bond donors (Lipinski definition) is 2. The van der Waals surface area contributed by atoms with Gasteiger partial charge in [0.25, 0.3) is 0 Å². The number of rotatable bonds is 6. The van der Waals surface area contributed by atoms with Crippen molar-refractivity contribution in [2.45, 2.75) is 13.3 Å². The average molecular weight is 250 g/mol. The molecule has 2 heterocycles. The molecule has 7 heteroatoms. The summed E-state index contributed by atoms with van der Waals surface area (Å²) in [5.41, 5.74) is 0.214. The first-order valence-electron chi connectivity index (χ1n) is 6.08. The van der Waals surface area contributed by atoms with E-state index < -0.39 is 0 Å². The van der Waals surface area contributed by atoms with Gasteiger partial charge in [-0.1, -0.05) is 6.92 Å². The molecule has 0 bridgehead atoms. The lowest BCUT2D eigenvalue weighted by Gasteiger charge is -2.17. The fraction of sp³-hybridized carbons (Fsp3) is 0.545. The molecule has 2 N–H and O–H groups in total. The molecule has 0 unspecified atom stereocenters. The third-order valence-electron chi connectivity index (χ3n) is 2.70. The summed E-state index contributed by atoms with van der Waals surface area (Å²) in [6.07, 6.45) is 1.12. The van der Waals surface area contributed by atoms with E-state index in [0.717, 1.165) is 31.9 Å². The second-order valence-corrected chi connectivity index (χ2v) is 4.16. The van der Waals surface area contributed by atoms with Crippen molar-refractivity contribution in [3.63, 3.8) is 0 Å². The molecule has 2 rings (SSSR count). The maximum absolute atomic E-state index is 11.4. The third-order valence-corrected chi connectivity index (χ3v) is 2.70. The number of hydrogen-bond acceptors (Lipinski definition) is 5. The van der Waals surface area contributed by atoms with Crippen molar-refractivity contribution < 1.29 is 0 Å². The van der Waals surface area contributed by atoms with Gasteiger partial charge in [-0.2, -0.15) is 9.61 Å². The number of nitrogens with one attached hydrogen (secondary N) is 2. The highest BCUT2D eigenvalue weighted by Gasteiger charge is 2.06. The summed E-state index contributed by atoms with van der Waals surface area (Å²) in [5.74, 6) is 0.754. The molecule has 0 atom stereocenters. The van der Waals surface area contributed by atoms with Crippen LogP contribution in [0.5, 0.6) is 0 Å². The van der Waals surface area contributed by atoms with Crippen molar-refractivity contribution >= 4 is 11.5 Å². The van der Waals surface area contributed by atoms with Crippen LogP contribution in [0.2, 0.25) is 0 Å². The highest BCUT2D eigenvalue weighted by Crippen LogP contribution is 2.07. The Bertz CT molecular complexity index is 560. The molecule has 0 aliphatic carbocycles. The standard InChI is InChI=1S/C11H18N6O/c1-3-6-12-7-8-16(2)10-5-4-9-13-14-11(18)17(9)15-10/h4-5,12H,3,6-8H2,1-2H3,(H,14,18). The van der Waals surface area contributed by atoms with E-state index in [-0.39, 0.29) is 5.69 Å². The van der Waals surface area contributed by atoms with Gasteiger partial charge in [0.1, 0.15) is 5.82 Å². The van der Waals surface area contributed by atoms with E-state index in [9.17, 15) is 4.79 Å². The number of nitrogens with zero attached hydrogens (tertiary/aromatic N) is 4. The van der Waals surface area contributed by atoms with E-state index in [2.05, 4.69) is 27.5 Å². The van der Waals surface area contributed by atoms with E-state index in [1.165, 1.54) is 4.52 Å². The quantitative estimate of drug-likeness (QED) is 0.697. The van der Waals surface area contributed by atoms with Crippen molar-refractivity contribution in [3.8, 4) is 0 Å². The summed E-state index contributed by atoms with van der Waals surface area (Å²) in [6.45, 7) is 4.88. The maximum Gasteiger partial charge on any atom is 0.364 e. The minimum Gasteiger partial charge on any atom is -0.357 e. The average Bonchev–Trinajstić information content (AvgIpc) is 2.76. The van der Waals surface area contributed by atoms with Crippen LogP contribution >= 0.6 is 0 Å². The molecule has 2 aromatic heterocycles. The minimum absolute atomic E-state index is 0.315. The molecule has 0 fully saturated rings. The zero-order chi connectivity index (χ0) is 13.0. The Morgan fingerprint density at radius 3 is 3.06 bits per heavy atom. The fourth-order valence-electron chi connectivity index (χ4n) is 1.66. The second-order valence-electron chi connectivity index (χ2n) is 4.16. The molecule has 7 nitrogen and oxygen atoms in total.